The lowest BCUT2D eigenvalue weighted by molar-refractivity contribution is -0.148. The second-order valence-electron chi connectivity index (χ2n) is 2.77. The molecule has 0 radical (unpaired) electrons. The van der Waals surface area contributed by atoms with Crippen molar-refractivity contribution in [2.75, 3.05) is 0 Å². The molecule has 1 saturated heterocycles. The zero-order valence-electron chi connectivity index (χ0n) is 6.43. The number of carbonyl (C=O) groups is 1. The van der Waals surface area contributed by atoms with Crippen LogP contribution in [0, 0.1) is 0 Å². The lowest BCUT2D eigenvalue weighted by atomic mass is 10.1. The Hall–Kier alpha value is -0.530. The van der Waals surface area contributed by atoms with Crippen molar-refractivity contribution in [3.05, 3.63) is 0 Å². The SMILES string of the molecule is CC[C@H]1CCCCC(=O)O1. The van der Waals surface area contributed by atoms with Gasteiger partial charge in [0.05, 0.1) is 0 Å². The van der Waals surface area contributed by atoms with Gasteiger partial charge in [-0.15, -0.1) is 0 Å². The Kier molecular flexibility index (Phi) is 2.72. The Bertz CT molecular complexity index is 120. The van der Waals surface area contributed by atoms with Crippen LogP contribution in [-0.2, 0) is 9.53 Å². The molecular formula is C8H14O2. The van der Waals surface area contributed by atoms with Crippen LogP contribution < -0.4 is 0 Å². The van der Waals surface area contributed by atoms with Gasteiger partial charge >= 0.3 is 5.97 Å². The van der Waals surface area contributed by atoms with E-state index in [2.05, 4.69) is 6.92 Å². The van der Waals surface area contributed by atoms with Crippen LogP contribution in [0.5, 0.6) is 0 Å². The number of rotatable bonds is 1. The number of ether oxygens (including phenoxy) is 1. The summed E-state index contributed by atoms with van der Waals surface area (Å²) in [6.45, 7) is 2.06. The molecule has 0 aromatic carbocycles. The monoisotopic (exact) mass is 142 g/mol. The fourth-order valence-electron chi connectivity index (χ4n) is 1.23. The van der Waals surface area contributed by atoms with Gasteiger partial charge in [-0.1, -0.05) is 6.92 Å². The third kappa shape index (κ3) is 2.01. The molecule has 0 aromatic heterocycles. The molecule has 1 aliphatic rings. The van der Waals surface area contributed by atoms with Crippen LogP contribution in [0.3, 0.4) is 0 Å². The summed E-state index contributed by atoms with van der Waals surface area (Å²) in [4.78, 5) is 10.8. The summed E-state index contributed by atoms with van der Waals surface area (Å²) in [6.07, 6.45) is 5.00. The molecule has 0 saturated carbocycles. The van der Waals surface area contributed by atoms with Crippen molar-refractivity contribution in [3.63, 3.8) is 0 Å². The van der Waals surface area contributed by atoms with E-state index in [1.807, 2.05) is 0 Å². The second kappa shape index (κ2) is 3.59. The first-order valence-electron chi connectivity index (χ1n) is 4.02. The highest BCUT2D eigenvalue weighted by Crippen LogP contribution is 2.15. The third-order valence-corrected chi connectivity index (χ3v) is 1.91. The van der Waals surface area contributed by atoms with Gasteiger partial charge in [-0.25, -0.2) is 0 Å². The maximum atomic E-state index is 10.8. The lowest BCUT2D eigenvalue weighted by Gasteiger charge is -2.10. The van der Waals surface area contributed by atoms with Gasteiger partial charge in [0.2, 0.25) is 0 Å². The highest BCUT2D eigenvalue weighted by atomic mass is 16.5. The number of carbonyl (C=O) groups excluding carboxylic acids is 1. The van der Waals surface area contributed by atoms with E-state index in [4.69, 9.17) is 4.74 Å². The molecule has 1 aliphatic heterocycles. The Labute approximate surface area is 61.6 Å². The van der Waals surface area contributed by atoms with Crippen LogP contribution in [0.1, 0.15) is 39.0 Å². The summed E-state index contributed by atoms with van der Waals surface area (Å²) < 4.78 is 5.12. The summed E-state index contributed by atoms with van der Waals surface area (Å²) in [6, 6.07) is 0. The number of hydrogen-bond acceptors (Lipinski definition) is 2. The first kappa shape index (κ1) is 7.58. The largest absolute Gasteiger partial charge is 0.462 e. The molecule has 58 valence electrons. The van der Waals surface area contributed by atoms with Crippen molar-refractivity contribution in [3.8, 4) is 0 Å². The molecule has 1 heterocycles. The Morgan fingerprint density at radius 2 is 2.40 bits per heavy atom. The van der Waals surface area contributed by atoms with E-state index < -0.39 is 0 Å². The van der Waals surface area contributed by atoms with Crippen molar-refractivity contribution in [1.29, 1.82) is 0 Å². The van der Waals surface area contributed by atoms with Crippen molar-refractivity contribution in [2.45, 2.75) is 45.1 Å². The topological polar surface area (TPSA) is 26.3 Å². The molecule has 0 unspecified atom stereocenters. The van der Waals surface area contributed by atoms with E-state index in [-0.39, 0.29) is 12.1 Å². The predicted octanol–water partition coefficient (Wildman–Crippen LogP) is 1.88. The first-order chi connectivity index (χ1) is 4.83. The summed E-state index contributed by atoms with van der Waals surface area (Å²) in [5.74, 6) is -0.00986. The maximum Gasteiger partial charge on any atom is 0.306 e. The first-order valence-corrected chi connectivity index (χ1v) is 4.02. The maximum absolute atomic E-state index is 10.8. The van der Waals surface area contributed by atoms with E-state index in [1.165, 1.54) is 0 Å². The average Bonchev–Trinajstić information content (AvgIpc) is 2.13. The minimum absolute atomic E-state index is 0.00986. The van der Waals surface area contributed by atoms with E-state index in [9.17, 15) is 4.79 Å². The van der Waals surface area contributed by atoms with Crippen molar-refractivity contribution in [1.82, 2.24) is 0 Å². The summed E-state index contributed by atoms with van der Waals surface area (Å²) in [5, 5.41) is 0. The van der Waals surface area contributed by atoms with Gasteiger partial charge in [0.1, 0.15) is 6.10 Å². The summed E-state index contributed by atoms with van der Waals surface area (Å²) in [7, 11) is 0. The standard InChI is InChI=1S/C8H14O2/c1-2-7-5-3-4-6-8(9)10-7/h7H,2-6H2,1H3/t7-/m0/s1. The molecule has 1 rings (SSSR count). The van der Waals surface area contributed by atoms with Crippen molar-refractivity contribution < 1.29 is 9.53 Å². The molecule has 0 amide bonds. The van der Waals surface area contributed by atoms with Crippen LogP contribution in [0.4, 0.5) is 0 Å². The molecule has 0 N–H and O–H groups in total. The zero-order chi connectivity index (χ0) is 7.40. The fraction of sp³-hybridized carbons (Fsp3) is 0.875. The van der Waals surface area contributed by atoms with Gasteiger partial charge < -0.3 is 4.74 Å². The highest BCUT2D eigenvalue weighted by Gasteiger charge is 2.15. The Morgan fingerprint density at radius 3 is 3.10 bits per heavy atom. The van der Waals surface area contributed by atoms with E-state index >= 15 is 0 Å². The summed E-state index contributed by atoms with van der Waals surface area (Å²) in [5.41, 5.74) is 0. The molecule has 2 heteroatoms. The van der Waals surface area contributed by atoms with Crippen LogP contribution in [0.15, 0.2) is 0 Å². The highest BCUT2D eigenvalue weighted by molar-refractivity contribution is 5.69. The Morgan fingerprint density at radius 1 is 1.60 bits per heavy atom. The molecule has 0 aliphatic carbocycles. The quantitative estimate of drug-likeness (QED) is 0.522. The lowest BCUT2D eigenvalue weighted by Crippen LogP contribution is -2.13. The van der Waals surface area contributed by atoms with E-state index in [0.717, 1.165) is 25.7 Å². The van der Waals surface area contributed by atoms with Gasteiger partial charge in [0.25, 0.3) is 0 Å². The van der Waals surface area contributed by atoms with Crippen molar-refractivity contribution in [2.24, 2.45) is 0 Å². The number of esters is 1. The van der Waals surface area contributed by atoms with Gasteiger partial charge in [-0.05, 0) is 25.7 Å². The second-order valence-corrected chi connectivity index (χ2v) is 2.77. The molecule has 2 nitrogen and oxygen atoms in total. The zero-order valence-corrected chi connectivity index (χ0v) is 6.43. The summed E-state index contributed by atoms with van der Waals surface area (Å²) >= 11 is 0. The van der Waals surface area contributed by atoms with Gasteiger partial charge in [-0.3, -0.25) is 4.79 Å². The van der Waals surface area contributed by atoms with Gasteiger partial charge in [0, 0.05) is 6.42 Å². The van der Waals surface area contributed by atoms with Crippen molar-refractivity contribution >= 4 is 5.97 Å². The smallest absolute Gasteiger partial charge is 0.306 e. The van der Waals surface area contributed by atoms with E-state index in [1.54, 1.807) is 0 Å². The molecule has 1 fully saturated rings. The molecule has 10 heavy (non-hydrogen) atoms. The third-order valence-electron chi connectivity index (χ3n) is 1.91. The Balaban J connectivity index is 2.38. The van der Waals surface area contributed by atoms with Crippen LogP contribution in [-0.4, -0.2) is 12.1 Å². The number of cyclic esters (lactones) is 1. The van der Waals surface area contributed by atoms with Crippen LogP contribution >= 0.6 is 0 Å². The number of hydrogen-bond donors (Lipinski definition) is 0. The van der Waals surface area contributed by atoms with Gasteiger partial charge in [0.15, 0.2) is 0 Å². The minimum Gasteiger partial charge on any atom is -0.462 e. The molecule has 1 atom stereocenters. The molecular weight excluding hydrogens is 128 g/mol. The molecule has 0 bridgehead atoms. The molecule has 0 spiro atoms. The average molecular weight is 142 g/mol. The van der Waals surface area contributed by atoms with Crippen LogP contribution in [0.25, 0.3) is 0 Å². The normalized spacial score (nSPS) is 27.3. The van der Waals surface area contributed by atoms with Crippen LogP contribution in [0.2, 0.25) is 0 Å². The van der Waals surface area contributed by atoms with E-state index in [0.29, 0.717) is 6.42 Å². The fourth-order valence-corrected chi connectivity index (χ4v) is 1.23. The van der Waals surface area contributed by atoms with Gasteiger partial charge in [-0.2, -0.15) is 0 Å². The molecule has 0 aromatic rings. The predicted molar refractivity (Wildman–Crippen MR) is 38.6 cm³/mol. The minimum atomic E-state index is -0.00986.